The Bertz CT molecular complexity index is 986. The van der Waals surface area contributed by atoms with Gasteiger partial charge in [-0.05, 0) is 36.8 Å². The molecule has 1 N–H and O–H groups in total. The molecule has 0 aliphatic heterocycles. The molecule has 9 heteroatoms. The van der Waals surface area contributed by atoms with Crippen LogP contribution in [0, 0.1) is 23.0 Å². The van der Waals surface area contributed by atoms with Crippen LogP contribution in [0.15, 0.2) is 47.4 Å². The van der Waals surface area contributed by atoms with E-state index in [1.807, 2.05) is 0 Å². The average Bonchev–Trinajstić information content (AvgIpc) is 2.63. The molecule has 0 fully saturated rings. The fourth-order valence-electron chi connectivity index (χ4n) is 2.35. The van der Waals surface area contributed by atoms with E-state index in [0.29, 0.717) is 18.2 Å². The number of amides is 1. The van der Waals surface area contributed by atoms with Gasteiger partial charge in [0.05, 0.1) is 17.6 Å². The molecule has 0 bridgehead atoms. The highest BCUT2D eigenvalue weighted by Gasteiger charge is 2.18. The number of sulfone groups is 1. The molecular formula is C19H18F2N2O4S. The van der Waals surface area contributed by atoms with Crippen molar-refractivity contribution in [3.63, 3.8) is 0 Å². The quantitative estimate of drug-likeness (QED) is 0.678. The van der Waals surface area contributed by atoms with Gasteiger partial charge in [0, 0.05) is 24.3 Å². The number of carbonyl (C=O) groups excluding carboxylic acids is 1. The fraction of sp³-hybridized carbons (Fsp3) is 0.263. The van der Waals surface area contributed by atoms with Crippen molar-refractivity contribution in [3.8, 4) is 11.8 Å². The van der Waals surface area contributed by atoms with Crippen LogP contribution in [0.2, 0.25) is 0 Å². The monoisotopic (exact) mass is 408 g/mol. The minimum atomic E-state index is -3.28. The lowest BCUT2D eigenvalue weighted by atomic mass is 10.1. The molecule has 1 atom stereocenters. The number of nitriles is 1. The maximum Gasteiger partial charge on any atom is 0.221 e. The van der Waals surface area contributed by atoms with Crippen molar-refractivity contribution in [2.45, 2.75) is 23.8 Å². The molecule has 2 aromatic rings. The van der Waals surface area contributed by atoms with E-state index in [9.17, 15) is 22.0 Å². The Morgan fingerprint density at radius 2 is 1.89 bits per heavy atom. The third-order valence-corrected chi connectivity index (χ3v) is 4.91. The number of ether oxygens (including phenoxy) is 1. The maximum atomic E-state index is 13.7. The van der Waals surface area contributed by atoms with Gasteiger partial charge >= 0.3 is 0 Å². The molecule has 2 aromatic carbocycles. The minimum Gasteiger partial charge on any atom is -0.494 e. The van der Waals surface area contributed by atoms with Gasteiger partial charge in [0.15, 0.2) is 9.84 Å². The van der Waals surface area contributed by atoms with Gasteiger partial charge in [-0.15, -0.1) is 0 Å². The molecule has 0 aliphatic carbocycles. The van der Waals surface area contributed by atoms with E-state index in [0.717, 1.165) is 18.4 Å². The predicted molar refractivity (Wildman–Crippen MR) is 97.1 cm³/mol. The van der Waals surface area contributed by atoms with Crippen LogP contribution in [0.3, 0.4) is 0 Å². The van der Waals surface area contributed by atoms with Crippen molar-refractivity contribution in [3.05, 3.63) is 59.7 Å². The fourth-order valence-corrected chi connectivity index (χ4v) is 2.98. The normalized spacial score (nSPS) is 12.1. The highest BCUT2D eigenvalue weighted by Crippen LogP contribution is 2.18. The van der Waals surface area contributed by atoms with Gasteiger partial charge < -0.3 is 10.1 Å². The summed E-state index contributed by atoms with van der Waals surface area (Å²) < 4.78 is 54.9. The smallest absolute Gasteiger partial charge is 0.221 e. The van der Waals surface area contributed by atoms with Crippen molar-refractivity contribution in [2.75, 3.05) is 12.9 Å². The number of hydrogen-bond donors (Lipinski definition) is 1. The first-order valence-corrected chi connectivity index (χ1v) is 10.2. The van der Waals surface area contributed by atoms with Crippen molar-refractivity contribution in [2.24, 2.45) is 0 Å². The summed E-state index contributed by atoms with van der Waals surface area (Å²) in [6.45, 7) is 0.188. The second-order valence-corrected chi connectivity index (χ2v) is 8.01. The summed E-state index contributed by atoms with van der Waals surface area (Å²) in [5.41, 5.74) is -0.112. The van der Waals surface area contributed by atoms with E-state index in [1.54, 1.807) is 6.07 Å². The van der Waals surface area contributed by atoms with Crippen LogP contribution in [0.5, 0.6) is 5.75 Å². The first-order valence-electron chi connectivity index (χ1n) is 8.27. The van der Waals surface area contributed by atoms with Crippen molar-refractivity contribution in [1.29, 1.82) is 5.26 Å². The molecule has 1 unspecified atom stereocenters. The average molecular weight is 408 g/mol. The van der Waals surface area contributed by atoms with Gasteiger partial charge in [-0.2, -0.15) is 5.26 Å². The van der Waals surface area contributed by atoms with Crippen molar-refractivity contribution in [1.82, 2.24) is 5.32 Å². The number of nitrogens with one attached hydrogen (secondary N) is 1. The second kappa shape index (κ2) is 9.28. The largest absolute Gasteiger partial charge is 0.494 e. The third-order valence-electron chi connectivity index (χ3n) is 3.78. The lowest BCUT2D eigenvalue weighted by Crippen LogP contribution is -2.28. The van der Waals surface area contributed by atoms with E-state index >= 15 is 0 Å². The zero-order valence-electron chi connectivity index (χ0n) is 15.0. The maximum absolute atomic E-state index is 13.7. The van der Waals surface area contributed by atoms with E-state index < -0.39 is 33.4 Å². The standard InChI is InChI=1S/C19H18F2N2O4S/c1-28(25,26)15-7-5-14(6-8-15)27-10-2-3-19(24)23-18(12-22)16-9-4-13(20)11-17(16)21/h4-9,11,18H,2-3,10H2,1H3,(H,23,24). The summed E-state index contributed by atoms with van der Waals surface area (Å²) in [6, 6.07) is 9.19. The van der Waals surface area contributed by atoms with Gasteiger partial charge in [-0.3, -0.25) is 4.79 Å². The summed E-state index contributed by atoms with van der Waals surface area (Å²) in [4.78, 5) is 12.1. The molecule has 0 spiro atoms. The van der Waals surface area contributed by atoms with Crippen LogP contribution in [0.4, 0.5) is 8.78 Å². The molecule has 0 aromatic heterocycles. The molecule has 1 amide bonds. The Morgan fingerprint density at radius 3 is 2.46 bits per heavy atom. The van der Waals surface area contributed by atoms with Crippen molar-refractivity contribution >= 4 is 15.7 Å². The van der Waals surface area contributed by atoms with E-state index in [1.165, 1.54) is 24.3 Å². The Morgan fingerprint density at radius 1 is 1.21 bits per heavy atom. The first-order chi connectivity index (χ1) is 13.2. The summed E-state index contributed by atoms with van der Waals surface area (Å²) in [5, 5.41) is 11.5. The Labute approximate surface area is 161 Å². The van der Waals surface area contributed by atoms with Crippen LogP contribution in [-0.2, 0) is 14.6 Å². The molecule has 0 aliphatic rings. The summed E-state index contributed by atoms with van der Waals surface area (Å²) in [6.07, 6.45) is 1.46. The number of nitrogens with zero attached hydrogens (tertiary/aromatic N) is 1. The van der Waals surface area contributed by atoms with Crippen LogP contribution >= 0.6 is 0 Å². The molecule has 0 heterocycles. The molecule has 0 saturated carbocycles. The number of rotatable bonds is 8. The van der Waals surface area contributed by atoms with E-state index in [-0.39, 0.29) is 23.5 Å². The predicted octanol–water partition coefficient (Wildman–Crippen LogP) is 2.91. The van der Waals surface area contributed by atoms with E-state index in [4.69, 9.17) is 10.00 Å². The van der Waals surface area contributed by atoms with Gasteiger partial charge in [0.25, 0.3) is 0 Å². The minimum absolute atomic E-state index is 0.0302. The van der Waals surface area contributed by atoms with Gasteiger partial charge in [-0.25, -0.2) is 17.2 Å². The lowest BCUT2D eigenvalue weighted by molar-refractivity contribution is -0.121. The third kappa shape index (κ3) is 6.03. The molecule has 0 radical (unpaired) electrons. The zero-order chi connectivity index (χ0) is 20.7. The molecule has 148 valence electrons. The lowest BCUT2D eigenvalue weighted by Gasteiger charge is -2.13. The number of hydrogen-bond acceptors (Lipinski definition) is 5. The van der Waals surface area contributed by atoms with Gasteiger partial charge in [0.1, 0.15) is 23.4 Å². The Kier molecular flexibility index (Phi) is 7.06. The van der Waals surface area contributed by atoms with E-state index in [2.05, 4.69) is 5.32 Å². The Hall–Kier alpha value is -2.99. The number of benzene rings is 2. The first kappa shape index (κ1) is 21.3. The SMILES string of the molecule is CS(=O)(=O)c1ccc(OCCCC(=O)NC(C#N)c2ccc(F)cc2F)cc1. The summed E-state index contributed by atoms with van der Waals surface area (Å²) in [7, 11) is -3.28. The topological polar surface area (TPSA) is 96.3 Å². The number of carbonyl (C=O) groups is 1. The van der Waals surface area contributed by atoms with Gasteiger partial charge in [-0.1, -0.05) is 6.07 Å². The zero-order valence-corrected chi connectivity index (χ0v) is 15.8. The molecule has 2 rings (SSSR count). The summed E-state index contributed by atoms with van der Waals surface area (Å²) >= 11 is 0. The molecule has 0 saturated heterocycles. The highest BCUT2D eigenvalue weighted by molar-refractivity contribution is 7.90. The van der Waals surface area contributed by atoms with Crippen LogP contribution in [0.25, 0.3) is 0 Å². The van der Waals surface area contributed by atoms with Gasteiger partial charge in [0.2, 0.25) is 5.91 Å². The highest BCUT2D eigenvalue weighted by atomic mass is 32.2. The number of halogens is 2. The molecule has 28 heavy (non-hydrogen) atoms. The Balaban J connectivity index is 1.81. The summed E-state index contributed by atoms with van der Waals surface area (Å²) in [5.74, 6) is -1.71. The van der Waals surface area contributed by atoms with Crippen LogP contribution in [0.1, 0.15) is 24.4 Å². The van der Waals surface area contributed by atoms with Crippen LogP contribution in [-0.4, -0.2) is 27.2 Å². The van der Waals surface area contributed by atoms with Crippen molar-refractivity contribution < 1.29 is 26.7 Å². The second-order valence-electron chi connectivity index (χ2n) is 5.99. The van der Waals surface area contributed by atoms with Crippen LogP contribution < -0.4 is 10.1 Å². The molecular weight excluding hydrogens is 390 g/mol. The molecule has 6 nitrogen and oxygen atoms in total.